The van der Waals surface area contributed by atoms with Crippen LogP contribution in [0.3, 0.4) is 0 Å². The van der Waals surface area contributed by atoms with Crippen molar-refractivity contribution in [3.8, 4) is 0 Å². The Labute approximate surface area is 166 Å². The monoisotopic (exact) mass is 386 g/mol. The first-order chi connectivity index (χ1) is 13.2. The summed E-state index contributed by atoms with van der Waals surface area (Å²) in [5.41, 5.74) is 0.338. The standard InChI is InChI=1S/C22H30N2O4/c1-22(2,3)28-20(26)14-17-12-8-5-9-13-19(25)24-18(15-23-21(17)27)16-10-6-4-7-11-16/h4-8,10-11,17-18H,9,12-15H2,1-3H3,(H,23,27)(H,24,25)/b8-5+. The van der Waals surface area contributed by atoms with Gasteiger partial charge >= 0.3 is 5.97 Å². The molecular weight excluding hydrogens is 356 g/mol. The van der Waals surface area contributed by atoms with E-state index in [9.17, 15) is 14.4 Å². The zero-order valence-electron chi connectivity index (χ0n) is 16.9. The van der Waals surface area contributed by atoms with E-state index in [-0.39, 0.29) is 36.8 Å². The zero-order valence-corrected chi connectivity index (χ0v) is 16.9. The third-order valence-electron chi connectivity index (χ3n) is 4.35. The lowest BCUT2D eigenvalue weighted by Gasteiger charge is -2.24. The van der Waals surface area contributed by atoms with E-state index in [4.69, 9.17) is 4.74 Å². The fraction of sp³-hybridized carbons (Fsp3) is 0.500. The van der Waals surface area contributed by atoms with E-state index in [1.54, 1.807) is 20.8 Å². The van der Waals surface area contributed by atoms with Crippen LogP contribution in [0.15, 0.2) is 42.5 Å². The Balaban J connectivity index is 2.11. The van der Waals surface area contributed by atoms with Crippen molar-refractivity contribution in [3.05, 3.63) is 48.0 Å². The molecule has 0 radical (unpaired) electrons. The Morgan fingerprint density at radius 3 is 2.54 bits per heavy atom. The molecule has 2 unspecified atom stereocenters. The summed E-state index contributed by atoms with van der Waals surface area (Å²) >= 11 is 0. The average Bonchev–Trinajstić information content (AvgIpc) is 2.62. The lowest BCUT2D eigenvalue weighted by molar-refractivity contribution is -0.157. The number of rotatable bonds is 3. The molecule has 1 aliphatic rings. The van der Waals surface area contributed by atoms with E-state index in [0.717, 1.165) is 5.56 Å². The predicted molar refractivity (Wildman–Crippen MR) is 107 cm³/mol. The fourth-order valence-electron chi connectivity index (χ4n) is 3.01. The van der Waals surface area contributed by atoms with Gasteiger partial charge in [-0.2, -0.15) is 0 Å². The van der Waals surface area contributed by atoms with Crippen LogP contribution in [-0.4, -0.2) is 29.9 Å². The number of carbonyl (C=O) groups excluding carboxylic acids is 3. The smallest absolute Gasteiger partial charge is 0.307 e. The van der Waals surface area contributed by atoms with Gasteiger partial charge in [0.2, 0.25) is 11.8 Å². The van der Waals surface area contributed by atoms with Gasteiger partial charge in [-0.05, 0) is 39.2 Å². The minimum absolute atomic E-state index is 0.0236. The summed E-state index contributed by atoms with van der Waals surface area (Å²) in [6.45, 7) is 5.68. The van der Waals surface area contributed by atoms with E-state index in [1.807, 2.05) is 42.5 Å². The molecule has 0 spiro atoms. The number of amides is 2. The number of benzene rings is 1. The highest BCUT2D eigenvalue weighted by Crippen LogP contribution is 2.18. The van der Waals surface area contributed by atoms with Crippen LogP contribution in [-0.2, 0) is 19.1 Å². The minimum atomic E-state index is -0.586. The van der Waals surface area contributed by atoms with E-state index in [2.05, 4.69) is 10.6 Å². The quantitative estimate of drug-likeness (QED) is 0.618. The topological polar surface area (TPSA) is 84.5 Å². The third kappa shape index (κ3) is 7.55. The van der Waals surface area contributed by atoms with Gasteiger partial charge in [-0.1, -0.05) is 42.5 Å². The van der Waals surface area contributed by atoms with Crippen LogP contribution >= 0.6 is 0 Å². The molecule has 1 aromatic carbocycles. The van der Waals surface area contributed by atoms with Gasteiger partial charge in [0.15, 0.2) is 0 Å². The summed E-state index contributed by atoms with van der Waals surface area (Å²) in [4.78, 5) is 37.1. The van der Waals surface area contributed by atoms with Gasteiger partial charge in [0.1, 0.15) is 5.60 Å². The van der Waals surface area contributed by atoms with Crippen molar-refractivity contribution >= 4 is 17.8 Å². The maximum absolute atomic E-state index is 12.7. The van der Waals surface area contributed by atoms with Crippen molar-refractivity contribution in [3.63, 3.8) is 0 Å². The highest BCUT2D eigenvalue weighted by atomic mass is 16.6. The van der Waals surface area contributed by atoms with Gasteiger partial charge < -0.3 is 15.4 Å². The Morgan fingerprint density at radius 1 is 1.14 bits per heavy atom. The summed E-state index contributed by atoms with van der Waals surface area (Å²) < 4.78 is 5.37. The molecule has 0 bridgehead atoms. The molecule has 152 valence electrons. The van der Waals surface area contributed by atoms with Gasteiger partial charge in [0, 0.05) is 13.0 Å². The van der Waals surface area contributed by atoms with Crippen molar-refractivity contribution in [1.82, 2.24) is 10.6 Å². The normalized spacial score (nSPS) is 22.8. The molecule has 1 heterocycles. The molecule has 0 aromatic heterocycles. The zero-order chi connectivity index (χ0) is 20.6. The second kappa shape index (κ2) is 10.1. The van der Waals surface area contributed by atoms with Gasteiger partial charge in [-0.25, -0.2) is 0 Å². The average molecular weight is 386 g/mol. The summed E-state index contributed by atoms with van der Waals surface area (Å²) in [7, 11) is 0. The van der Waals surface area contributed by atoms with Crippen molar-refractivity contribution in [2.45, 2.75) is 58.1 Å². The molecule has 0 aliphatic carbocycles. The third-order valence-corrected chi connectivity index (χ3v) is 4.35. The van der Waals surface area contributed by atoms with E-state index in [0.29, 0.717) is 19.3 Å². The van der Waals surface area contributed by atoms with Crippen LogP contribution in [0.2, 0.25) is 0 Å². The number of esters is 1. The molecule has 0 saturated heterocycles. The molecule has 2 N–H and O–H groups in total. The van der Waals surface area contributed by atoms with Crippen molar-refractivity contribution in [2.75, 3.05) is 6.54 Å². The van der Waals surface area contributed by atoms with Gasteiger partial charge in [-0.3, -0.25) is 14.4 Å². The highest BCUT2D eigenvalue weighted by molar-refractivity contribution is 5.84. The fourth-order valence-corrected chi connectivity index (χ4v) is 3.01. The molecule has 1 aliphatic heterocycles. The maximum Gasteiger partial charge on any atom is 0.307 e. The van der Waals surface area contributed by atoms with Crippen LogP contribution < -0.4 is 10.6 Å². The minimum Gasteiger partial charge on any atom is -0.460 e. The maximum atomic E-state index is 12.7. The molecule has 0 fully saturated rings. The Hall–Kier alpha value is -2.63. The molecule has 6 heteroatoms. The molecule has 2 atom stereocenters. The largest absolute Gasteiger partial charge is 0.460 e. The molecule has 2 amide bonds. The second-order valence-corrected chi connectivity index (χ2v) is 8.01. The Morgan fingerprint density at radius 2 is 1.86 bits per heavy atom. The van der Waals surface area contributed by atoms with Crippen molar-refractivity contribution < 1.29 is 19.1 Å². The number of carbonyl (C=O) groups is 3. The Kier molecular flexibility index (Phi) is 7.79. The molecule has 0 saturated carbocycles. The van der Waals surface area contributed by atoms with E-state index < -0.39 is 11.5 Å². The SMILES string of the molecule is CC(C)(C)OC(=O)CC1C/C=C/CCC(=O)NC(c2ccccc2)CNC1=O. The molecule has 6 nitrogen and oxygen atoms in total. The summed E-state index contributed by atoms with van der Waals surface area (Å²) in [5.74, 6) is -1.16. The number of nitrogens with one attached hydrogen (secondary N) is 2. The number of ether oxygens (including phenoxy) is 1. The van der Waals surface area contributed by atoms with Crippen LogP contribution in [0.5, 0.6) is 0 Å². The molecule has 2 rings (SSSR count). The first-order valence-corrected chi connectivity index (χ1v) is 9.73. The van der Waals surface area contributed by atoms with Crippen LogP contribution in [0.4, 0.5) is 0 Å². The van der Waals surface area contributed by atoms with Crippen LogP contribution in [0.25, 0.3) is 0 Å². The first kappa shape index (κ1) is 21.7. The lowest BCUT2D eigenvalue weighted by Crippen LogP contribution is -2.40. The predicted octanol–water partition coefficient (Wildman–Crippen LogP) is 3.05. The number of hydrogen-bond acceptors (Lipinski definition) is 4. The van der Waals surface area contributed by atoms with E-state index in [1.165, 1.54) is 0 Å². The number of allylic oxidation sites excluding steroid dienone is 2. The number of hydrogen-bond donors (Lipinski definition) is 2. The van der Waals surface area contributed by atoms with Gasteiger partial charge in [0.05, 0.1) is 18.4 Å². The summed E-state index contributed by atoms with van der Waals surface area (Å²) in [5, 5.41) is 5.87. The van der Waals surface area contributed by atoms with Crippen molar-refractivity contribution in [1.29, 1.82) is 0 Å². The van der Waals surface area contributed by atoms with E-state index >= 15 is 0 Å². The molecular formula is C22H30N2O4. The summed E-state index contributed by atoms with van der Waals surface area (Å²) in [6.07, 6.45) is 5.17. The van der Waals surface area contributed by atoms with Crippen molar-refractivity contribution in [2.24, 2.45) is 5.92 Å². The summed E-state index contributed by atoms with van der Waals surface area (Å²) in [6, 6.07) is 9.22. The lowest BCUT2D eigenvalue weighted by atomic mass is 9.98. The molecule has 1 aromatic rings. The Bertz CT molecular complexity index is 707. The second-order valence-electron chi connectivity index (χ2n) is 8.01. The highest BCUT2D eigenvalue weighted by Gasteiger charge is 2.26. The first-order valence-electron chi connectivity index (χ1n) is 9.73. The molecule has 28 heavy (non-hydrogen) atoms. The van der Waals surface area contributed by atoms with Gasteiger partial charge in [0.25, 0.3) is 0 Å². The van der Waals surface area contributed by atoms with Crippen LogP contribution in [0.1, 0.15) is 58.1 Å². The van der Waals surface area contributed by atoms with Crippen LogP contribution in [0, 0.1) is 5.92 Å². The van der Waals surface area contributed by atoms with Gasteiger partial charge in [-0.15, -0.1) is 0 Å².